The molecule has 2 aromatic carbocycles. The minimum atomic E-state index is -0.808. The molecule has 9 heteroatoms. The van der Waals surface area contributed by atoms with Gasteiger partial charge in [-0.1, -0.05) is 90.7 Å². The zero-order chi connectivity index (χ0) is 26.6. The summed E-state index contributed by atoms with van der Waals surface area (Å²) in [5.74, 6) is 0.0637. The Morgan fingerprint density at radius 3 is 2.50 bits per heavy atom. The van der Waals surface area contributed by atoms with E-state index in [1.165, 1.54) is 16.2 Å². The van der Waals surface area contributed by atoms with Crippen LogP contribution in [0, 0.1) is 6.92 Å². The molecule has 192 valence electrons. The fourth-order valence-corrected chi connectivity index (χ4v) is 5.56. The smallest absolute Gasteiger partial charge is 0.267 e. The lowest BCUT2D eigenvalue weighted by molar-refractivity contribution is -0.122. The number of pyridine rings is 1. The maximum Gasteiger partial charge on any atom is 0.267 e. The number of hydrogen-bond donors (Lipinski definition) is 2. The number of aryl methyl sites for hydroxylation is 1. The molecule has 0 bridgehead atoms. The highest BCUT2D eigenvalue weighted by atomic mass is 32.2. The van der Waals surface area contributed by atoms with Gasteiger partial charge in [0.25, 0.3) is 11.5 Å². The number of aliphatic hydroxyl groups excluding tert-OH is 1. The summed E-state index contributed by atoms with van der Waals surface area (Å²) in [5.41, 5.74) is 3.11. The first kappa shape index (κ1) is 25.8. The minimum absolute atomic E-state index is 0.136. The maximum absolute atomic E-state index is 13.6. The van der Waals surface area contributed by atoms with Crippen molar-refractivity contribution in [3.05, 3.63) is 117 Å². The van der Waals surface area contributed by atoms with Gasteiger partial charge < -0.3 is 10.4 Å². The molecule has 1 fully saturated rings. The minimum Gasteiger partial charge on any atom is -0.387 e. The summed E-state index contributed by atoms with van der Waals surface area (Å²) >= 11 is 6.68. The number of anilines is 1. The third-order valence-electron chi connectivity index (χ3n) is 6.35. The average molecular weight is 543 g/mol. The Bertz CT molecular complexity index is 1590. The molecule has 3 heterocycles. The molecule has 0 aliphatic carbocycles. The summed E-state index contributed by atoms with van der Waals surface area (Å²) in [6, 6.07) is 22.8. The molecule has 1 atom stereocenters. The molecule has 4 aromatic rings. The van der Waals surface area contributed by atoms with Gasteiger partial charge >= 0.3 is 0 Å². The van der Waals surface area contributed by atoms with Crippen molar-refractivity contribution in [1.29, 1.82) is 0 Å². The molecular weight excluding hydrogens is 516 g/mol. The highest BCUT2D eigenvalue weighted by molar-refractivity contribution is 8.26. The number of rotatable bonds is 8. The second kappa shape index (κ2) is 11.3. The fourth-order valence-electron chi connectivity index (χ4n) is 4.27. The van der Waals surface area contributed by atoms with Crippen LogP contribution in [0.5, 0.6) is 0 Å². The van der Waals surface area contributed by atoms with Crippen LogP contribution in [-0.2, 0) is 11.2 Å². The number of thiocarbonyl (C=S) groups is 1. The maximum atomic E-state index is 13.6. The van der Waals surface area contributed by atoms with Gasteiger partial charge in [-0.25, -0.2) is 4.98 Å². The van der Waals surface area contributed by atoms with Crippen LogP contribution in [-0.4, -0.2) is 42.7 Å². The highest BCUT2D eigenvalue weighted by Gasteiger charge is 2.32. The van der Waals surface area contributed by atoms with E-state index in [2.05, 4.69) is 5.32 Å². The Balaban J connectivity index is 1.47. The second-order valence-corrected chi connectivity index (χ2v) is 10.6. The number of aliphatic hydroxyl groups is 1. The van der Waals surface area contributed by atoms with Crippen LogP contribution < -0.4 is 10.9 Å². The van der Waals surface area contributed by atoms with Crippen molar-refractivity contribution in [3.63, 3.8) is 0 Å². The number of fused-ring (bicyclic) bond motifs is 1. The molecule has 0 radical (unpaired) electrons. The van der Waals surface area contributed by atoms with Crippen molar-refractivity contribution in [2.75, 3.05) is 18.4 Å². The molecular formula is C29H26N4O3S2. The van der Waals surface area contributed by atoms with E-state index in [1.807, 2.05) is 73.7 Å². The number of aromatic nitrogens is 2. The molecule has 1 unspecified atom stereocenters. The lowest BCUT2D eigenvalue weighted by Crippen LogP contribution is -2.30. The Morgan fingerprint density at radius 1 is 1.05 bits per heavy atom. The quantitative estimate of drug-likeness (QED) is 0.249. The first-order chi connectivity index (χ1) is 18.4. The standard InChI is InChI=1S/C29H26N4O3S2/c1-19-9-8-15-32-26(19)31-25(30-18-23(34)21-12-6-3-7-13-21)22(27(32)35)17-24-28(36)33(29(37)38-24)16-14-20-10-4-2-5-11-20/h2-13,15,17,23,30,34H,14,16,18H2,1H3/b24-17-. The number of carbonyl (C=O) groups excluding carboxylic acids is 1. The van der Waals surface area contributed by atoms with Crippen LogP contribution in [0.2, 0.25) is 0 Å². The number of nitrogens with one attached hydrogen (secondary N) is 1. The monoisotopic (exact) mass is 542 g/mol. The second-order valence-electron chi connectivity index (χ2n) is 8.94. The first-order valence-electron chi connectivity index (χ1n) is 12.2. The molecule has 1 aliphatic heterocycles. The molecule has 1 aliphatic rings. The van der Waals surface area contributed by atoms with Gasteiger partial charge in [0.2, 0.25) is 0 Å². The van der Waals surface area contributed by atoms with Crippen LogP contribution in [0.25, 0.3) is 11.7 Å². The SMILES string of the molecule is Cc1cccn2c(=O)c(/C=C3\SC(=S)N(CCc4ccccc4)C3=O)c(NCC(O)c3ccccc3)nc12. The number of carbonyl (C=O) groups is 1. The fraction of sp³-hybridized carbons (Fsp3) is 0.172. The molecule has 1 saturated heterocycles. The Labute approximate surface area is 229 Å². The zero-order valence-electron chi connectivity index (χ0n) is 20.7. The average Bonchev–Trinajstić information content (AvgIpc) is 3.21. The summed E-state index contributed by atoms with van der Waals surface area (Å²) in [7, 11) is 0. The lowest BCUT2D eigenvalue weighted by Gasteiger charge is -2.16. The van der Waals surface area contributed by atoms with Gasteiger partial charge in [0.05, 0.1) is 16.6 Å². The summed E-state index contributed by atoms with van der Waals surface area (Å²) in [5, 5.41) is 13.8. The molecule has 5 rings (SSSR count). The summed E-state index contributed by atoms with van der Waals surface area (Å²) in [4.78, 5) is 33.5. The summed E-state index contributed by atoms with van der Waals surface area (Å²) < 4.78 is 1.92. The van der Waals surface area contributed by atoms with Crippen molar-refractivity contribution in [3.8, 4) is 0 Å². The van der Waals surface area contributed by atoms with E-state index in [0.29, 0.717) is 33.7 Å². The number of amides is 1. The van der Waals surface area contributed by atoms with Gasteiger partial charge in [-0.15, -0.1) is 0 Å². The highest BCUT2D eigenvalue weighted by Crippen LogP contribution is 2.33. The Morgan fingerprint density at radius 2 is 1.76 bits per heavy atom. The van der Waals surface area contributed by atoms with E-state index in [1.54, 1.807) is 23.2 Å². The van der Waals surface area contributed by atoms with Gasteiger partial charge in [0.1, 0.15) is 15.8 Å². The van der Waals surface area contributed by atoms with Crippen molar-refractivity contribution in [1.82, 2.24) is 14.3 Å². The number of thioether (sulfide) groups is 1. The topological polar surface area (TPSA) is 86.9 Å². The Kier molecular flexibility index (Phi) is 7.69. The normalized spacial score (nSPS) is 15.4. The number of benzene rings is 2. The van der Waals surface area contributed by atoms with Gasteiger partial charge in [0, 0.05) is 19.3 Å². The van der Waals surface area contributed by atoms with E-state index in [9.17, 15) is 14.7 Å². The summed E-state index contributed by atoms with van der Waals surface area (Å²) in [6.45, 7) is 2.47. The van der Waals surface area contributed by atoms with E-state index >= 15 is 0 Å². The van der Waals surface area contributed by atoms with Crippen molar-refractivity contribution in [2.24, 2.45) is 0 Å². The van der Waals surface area contributed by atoms with Crippen LogP contribution in [0.4, 0.5) is 5.82 Å². The largest absolute Gasteiger partial charge is 0.387 e. The number of hydrogen-bond acceptors (Lipinski definition) is 7. The zero-order valence-corrected chi connectivity index (χ0v) is 22.3. The molecule has 0 spiro atoms. The molecule has 2 aromatic heterocycles. The van der Waals surface area contributed by atoms with Crippen LogP contribution >= 0.6 is 24.0 Å². The van der Waals surface area contributed by atoms with Gasteiger partial charge in [-0.3, -0.25) is 18.9 Å². The molecule has 1 amide bonds. The summed E-state index contributed by atoms with van der Waals surface area (Å²) in [6.07, 6.45) is 3.08. The third-order valence-corrected chi connectivity index (χ3v) is 7.73. The van der Waals surface area contributed by atoms with Crippen LogP contribution in [0.1, 0.15) is 28.4 Å². The number of nitrogens with zero attached hydrogens (tertiary/aromatic N) is 3. The Hall–Kier alpha value is -3.79. The van der Waals surface area contributed by atoms with Gasteiger partial charge in [0.15, 0.2) is 0 Å². The van der Waals surface area contributed by atoms with E-state index in [4.69, 9.17) is 17.2 Å². The van der Waals surface area contributed by atoms with Crippen LogP contribution in [0.3, 0.4) is 0 Å². The van der Waals surface area contributed by atoms with Crippen molar-refractivity contribution < 1.29 is 9.90 Å². The predicted molar refractivity (Wildman–Crippen MR) is 156 cm³/mol. The lowest BCUT2D eigenvalue weighted by atomic mass is 10.1. The van der Waals surface area contributed by atoms with Gasteiger partial charge in [-0.05, 0) is 42.2 Å². The molecule has 2 N–H and O–H groups in total. The van der Waals surface area contributed by atoms with E-state index in [-0.39, 0.29) is 23.6 Å². The molecule has 7 nitrogen and oxygen atoms in total. The molecule has 38 heavy (non-hydrogen) atoms. The van der Waals surface area contributed by atoms with E-state index < -0.39 is 6.10 Å². The van der Waals surface area contributed by atoms with Crippen molar-refractivity contribution in [2.45, 2.75) is 19.4 Å². The van der Waals surface area contributed by atoms with E-state index in [0.717, 1.165) is 16.7 Å². The molecule has 0 saturated carbocycles. The van der Waals surface area contributed by atoms with Gasteiger partial charge in [-0.2, -0.15) is 0 Å². The van der Waals surface area contributed by atoms with Crippen LogP contribution in [0.15, 0.2) is 88.7 Å². The predicted octanol–water partition coefficient (Wildman–Crippen LogP) is 4.59. The third kappa shape index (κ3) is 5.40. The first-order valence-corrected chi connectivity index (χ1v) is 13.4. The van der Waals surface area contributed by atoms with Crippen molar-refractivity contribution >= 4 is 51.7 Å².